The molecule has 1 fully saturated rings. The minimum atomic E-state index is -1.31. The van der Waals surface area contributed by atoms with Crippen molar-refractivity contribution in [3.05, 3.63) is 60.6 Å². The minimum Gasteiger partial charge on any atom is -0.465 e. The number of alkyl carbamates (subject to hydrolysis) is 1. The lowest BCUT2D eigenvalue weighted by Crippen LogP contribution is -2.49. The Kier molecular flexibility index (Phi) is 7.99. The van der Waals surface area contributed by atoms with Crippen LogP contribution < -0.4 is 20.9 Å². The molecule has 3 aromatic rings. The number of rotatable bonds is 6. The lowest BCUT2D eigenvalue weighted by atomic mass is 10.0. The molecule has 1 aromatic carbocycles. The molecule has 11 heteroatoms. The van der Waals surface area contributed by atoms with Crippen LogP contribution in [-0.4, -0.2) is 57.9 Å². The van der Waals surface area contributed by atoms with Crippen LogP contribution in [-0.2, 0) is 4.74 Å². The summed E-state index contributed by atoms with van der Waals surface area (Å²) in [7, 11) is 0. The van der Waals surface area contributed by atoms with Gasteiger partial charge in [-0.05, 0) is 57.4 Å². The molecule has 4 rings (SSSR count). The standard InChI is InChI=1S/C28H32N6O5/c1-5-17-8-9-18-14-21(33-26(36)37)24(31-20(18)13-17)25(35)32-22-15-29-11-10-23(22)34-12-6-7-19(16-34)30-27(38)39-28(2,3)4/h5,8-11,13-15,19,33H,1,6-7,12,16H2,2-4H3,(H,30,38)(H,32,35)(H,36,37)/t19-/m0/s1. The number of hydrogen-bond acceptors (Lipinski definition) is 7. The second-order valence-corrected chi connectivity index (χ2v) is 10.2. The number of carboxylic acid groups (broad SMARTS) is 1. The van der Waals surface area contributed by atoms with Crippen LogP contribution in [0.1, 0.15) is 49.7 Å². The van der Waals surface area contributed by atoms with Crippen LogP contribution in [0.25, 0.3) is 17.0 Å². The molecule has 1 atom stereocenters. The zero-order valence-corrected chi connectivity index (χ0v) is 22.2. The fourth-order valence-electron chi connectivity index (χ4n) is 4.42. The van der Waals surface area contributed by atoms with Crippen molar-refractivity contribution in [3.8, 4) is 0 Å². The normalized spacial score (nSPS) is 15.4. The molecule has 0 radical (unpaired) electrons. The van der Waals surface area contributed by atoms with E-state index in [4.69, 9.17) is 4.74 Å². The van der Waals surface area contributed by atoms with Crippen LogP contribution in [0.15, 0.2) is 49.3 Å². The van der Waals surface area contributed by atoms with Gasteiger partial charge in [-0.1, -0.05) is 24.8 Å². The molecule has 1 saturated heterocycles. The van der Waals surface area contributed by atoms with E-state index >= 15 is 0 Å². The van der Waals surface area contributed by atoms with E-state index in [-0.39, 0.29) is 17.4 Å². The van der Waals surface area contributed by atoms with Crippen LogP contribution in [0.5, 0.6) is 0 Å². The maximum Gasteiger partial charge on any atom is 0.409 e. The summed E-state index contributed by atoms with van der Waals surface area (Å²) in [4.78, 5) is 47.9. The Morgan fingerprint density at radius 2 is 1.95 bits per heavy atom. The monoisotopic (exact) mass is 532 g/mol. The number of amides is 3. The van der Waals surface area contributed by atoms with Crippen molar-refractivity contribution in [2.24, 2.45) is 0 Å². The second-order valence-electron chi connectivity index (χ2n) is 10.2. The van der Waals surface area contributed by atoms with Crippen LogP contribution in [0.3, 0.4) is 0 Å². The van der Waals surface area contributed by atoms with Crippen LogP contribution >= 0.6 is 0 Å². The number of carbonyl (C=O) groups is 3. The highest BCUT2D eigenvalue weighted by molar-refractivity contribution is 6.11. The van der Waals surface area contributed by atoms with E-state index in [1.165, 1.54) is 6.20 Å². The smallest absolute Gasteiger partial charge is 0.409 e. The van der Waals surface area contributed by atoms with Gasteiger partial charge in [-0.3, -0.25) is 15.1 Å². The van der Waals surface area contributed by atoms with Crippen molar-refractivity contribution in [2.75, 3.05) is 28.6 Å². The number of nitrogens with zero attached hydrogens (tertiary/aromatic N) is 3. The van der Waals surface area contributed by atoms with Gasteiger partial charge in [0.2, 0.25) is 0 Å². The number of aromatic nitrogens is 2. The molecule has 2 aromatic heterocycles. The SMILES string of the molecule is C=Cc1ccc2cc(NC(=O)O)c(C(=O)Nc3cnccc3N3CCC[C@H](NC(=O)OC(C)(C)C)C3)nc2c1. The Morgan fingerprint density at radius 3 is 2.67 bits per heavy atom. The van der Waals surface area contributed by atoms with Crippen molar-refractivity contribution in [3.63, 3.8) is 0 Å². The number of pyridine rings is 2. The molecule has 204 valence electrons. The number of nitrogens with one attached hydrogen (secondary N) is 3. The first-order chi connectivity index (χ1) is 18.5. The van der Waals surface area contributed by atoms with Crippen molar-refractivity contribution in [2.45, 2.75) is 45.3 Å². The molecule has 39 heavy (non-hydrogen) atoms. The maximum absolute atomic E-state index is 13.4. The van der Waals surface area contributed by atoms with Crippen LogP contribution in [0, 0.1) is 0 Å². The summed E-state index contributed by atoms with van der Waals surface area (Å²) < 4.78 is 5.39. The van der Waals surface area contributed by atoms with E-state index in [9.17, 15) is 19.5 Å². The summed E-state index contributed by atoms with van der Waals surface area (Å²) in [6.45, 7) is 10.4. The number of piperidine rings is 1. The average Bonchev–Trinajstić information content (AvgIpc) is 2.87. The third-order valence-electron chi connectivity index (χ3n) is 6.06. The number of carbonyl (C=O) groups excluding carboxylic acids is 2. The Morgan fingerprint density at radius 1 is 1.15 bits per heavy atom. The molecule has 0 saturated carbocycles. The Balaban J connectivity index is 1.58. The van der Waals surface area contributed by atoms with Gasteiger partial charge in [0, 0.05) is 30.7 Å². The summed E-state index contributed by atoms with van der Waals surface area (Å²) in [6.07, 6.45) is 4.64. The van der Waals surface area contributed by atoms with Crippen molar-refractivity contribution in [1.29, 1.82) is 0 Å². The first kappa shape index (κ1) is 27.4. The quantitative estimate of drug-likeness (QED) is 0.343. The minimum absolute atomic E-state index is 0.0592. The zero-order valence-electron chi connectivity index (χ0n) is 22.2. The van der Waals surface area contributed by atoms with Gasteiger partial charge in [-0.25, -0.2) is 14.6 Å². The van der Waals surface area contributed by atoms with E-state index in [0.29, 0.717) is 29.7 Å². The zero-order chi connectivity index (χ0) is 28.2. The fraction of sp³-hybridized carbons (Fsp3) is 0.321. The number of anilines is 3. The maximum atomic E-state index is 13.4. The third kappa shape index (κ3) is 7.01. The molecule has 11 nitrogen and oxygen atoms in total. The van der Waals surface area contributed by atoms with Gasteiger partial charge in [0.1, 0.15) is 5.60 Å². The van der Waals surface area contributed by atoms with Gasteiger partial charge < -0.3 is 25.4 Å². The molecule has 3 amide bonds. The molecule has 0 unspecified atom stereocenters. The first-order valence-electron chi connectivity index (χ1n) is 12.6. The van der Waals surface area contributed by atoms with Crippen LogP contribution in [0.4, 0.5) is 26.7 Å². The van der Waals surface area contributed by atoms with E-state index in [1.54, 1.807) is 36.5 Å². The van der Waals surface area contributed by atoms with Gasteiger partial charge in [0.05, 0.1) is 28.8 Å². The van der Waals surface area contributed by atoms with E-state index in [0.717, 1.165) is 24.1 Å². The van der Waals surface area contributed by atoms with Gasteiger partial charge in [0.15, 0.2) is 5.69 Å². The van der Waals surface area contributed by atoms with Crippen molar-refractivity contribution in [1.82, 2.24) is 15.3 Å². The Hall–Kier alpha value is -4.67. The molecule has 4 N–H and O–H groups in total. The lowest BCUT2D eigenvalue weighted by Gasteiger charge is -2.35. The first-order valence-corrected chi connectivity index (χ1v) is 12.6. The van der Waals surface area contributed by atoms with Crippen molar-refractivity contribution >= 4 is 52.1 Å². The van der Waals surface area contributed by atoms with Gasteiger partial charge in [-0.15, -0.1) is 0 Å². The van der Waals surface area contributed by atoms with Gasteiger partial charge in [0.25, 0.3) is 5.91 Å². The summed E-state index contributed by atoms with van der Waals surface area (Å²) in [5, 5.41) is 18.1. The third-order valence-corrected chi connectivity index (χ3v) is 6.06. The van der Waals surface area contributed by atoms with Gasteiger partial charge in [-0.2, -0.15) is 0 Å². The molecule has 3 heterocycles. The lowest BCUT2D eigenvalue weighted by molar-refractivity contribution is 0.0499. The molecule has 1 aliphatic heterocycles. The number of fused-ring (bicyclic) bond motifs is 1. The highest BCUT2D eigenvalue weighted by Gasteiger charge is 2.26. The summed E-state index contributed by atoms with van der Waals surface area (Å²) in [5.74, 6) is -0.598. The highest BCUT2D eigenvalue weighted by Crippen LogP contribution is 2.29. The Bertz CT molecular complexity index is 1420. The number of benzene rings is 1. The second kappa shape index (κ2) is 11.4. The molecular formula is C28H32N6O5. The van der Waals surface area contributed by atoms with E-state index in [1.807, 2.05) is 26.8 Å². The number of ether oxygens (including phenoxy) is 1. The average molecular weight is 533 g/mol. The fourth-order valence-corrected chi connectivity index (χ4v) is 4.42. The van der Waals surface area contributed by atoms with Crippen molar-refractivity contribution < 1.29 is 24.2 Å². The van der Waals surface area contributed by atoms with E-state index < -0.39 is 23.7 Å². The largest absolute Gasteiger partial charge is 0.465 e. The highest BCUT2D eigenvalue weighted by atomic mass is 16.6. The summed E-state index contributed by atoms with van der Waals surface area (Å²) in [5.41, 5.74) is 1.87. The molecule has 0 bridgehead atoms. The van der Waals surface area contributed by atoms with Crippen LogP contribution in [0.2, 0.25) is 0 Å². The number of hydrogen-bond donors (Lipinski definition) is 4. The van der Waals surface area contributed by atoms with E-state index in [2.05, 4.69) is 37.4 Å². The predicted octanol–water partition coefficient (Wildman–Crippen LogP) is 5.11. The molecular weight excluding hydrogens is 500 g/mol. The summed E-state index contributed by atoms with van der Waals surface area (Å²) in [6, 6.07) is 8.59. The molecule has 0 spiro atoms. The van der Waals surface area contributed by atoms with Gasteiger partial charge >= 0.3 is 12.2 Å². The molecule has 1 aliphatic rings. The predicted molar refractivity (Wildman–Crippen MR) is 150 cm³/mol. The Labute approximate surface area is 226 Å². The molecule has 0 aliphatic carbocycles. The topological polar surface area (TPSA) is 146 Å². The summed E-state index contributed by atoms with van der Waals surface area (Å²) >= 11 is 0.